The summed E-state index contributed by atoms with van der Waals surface area (Å²) in [4.78, 5) is 1.17. The van der Waals surface area contributed by atoms with Gasteiger partial charge in [-0.1, -0.05) is 17.7 Å². The van der Waals surface area contributed by atoms with Gasteiger partial charge in [0, 0.05) is 40.7 Å². The van der Waals surface area contributed by atoms with Gasteiger partial charge < -0.3 is 0 Å². The Morgan fingerprint density at radius 3 is 2.95 bits per heavy atom. The first-order valence-electron chi connectivity index (χ1n) is 6.50. The fraction of sp³-hybridized carbons (Fsp3) is 0.357. The zero-order valence-electron chi connectivity index (χ0n) is 11.4. The average Bonchev–Trinajstić information content (AvgIpc) is 2.85. The third-order valence-corrected chi connectivity index (χ3v) is 4.55. The fourth-order valence-corrected chi connectivity index (χ4v) is 3.23. The van der Waals surface area contributed by atoms with Crippen molar-refractivity contribution in [3.8, 4) is 0 Å². The van der Waals surface area contributed by atoms with Crippen LogP contribution in [0.4, 0.5) is 0 Å². The molecule has 0 radical (unpaired) electrons. The maximum atomic E-state index is 5.98. The summed E-state index contributed by atoms with van der Waals surface area (Å²) in [5, 5.41) is 4.93. The molecule has 20 heavy (non-hydrogen) atoms. The summed E-state index contributed by atoms with van der Waals surface area (Å²) in [7, 11) is 1.96. The number of nitrogens with two attached hydrogens (primary N) is 1. The second kappa shape index (κ2) is 7.69. The Kier molecular flexibility index (Phi) is 5.91. The highest BCUT2D eigenvalue weighted by molar-refractivity contribution is 7.99. The predicted octanol–water partition coefficient (Wildman–Crippen LogP) is 2.63. The minimum absolute atomic E-state index is 0.258. The van der Waals surface area contributed by atoms with E-state index >= 15 is 0 Å². The number of nitrogens with one attached hydrogen (secondary N) is 1. The standard InChI is InChI=1S/C14H19ClN4S/c1-19-13(7-8-17-19)6-5-12(18-16)10-20-14-4-2-3-11(15)9-14/h2-4,7-9,12,18H,5-6,10,16H2,1H3. The highest BCUT2D eigenvalue weighted by atomic mass is 35.5. The van der Waals surface area contributed by atoms with Gasteiger partial charge in [0.1, 0.15) is 0 Å². The number of hydrogen-bond donors (Lipinski definition) is 2. The topological polar surface area (TPSA) is 55.9 Å². The van der Waals surface area contributed by atoms with Gasteiger partial charge in [0.25, 0.3) is 0 Å². The fourth-order valence-electron chi connectivity index (χ4n) is 1.94. The van der Waals surface area contributed by atoms with Crippen molar-refractivity contribution < 1.29 is 0 Å². The number of nitrogens with zero attached hydrogens (tertiary/aromatic N) is 2. The first-order valence-corrected chi connectivity index (χ1v) is 7.87. The maximum absolute atomic E-state index is 5.98. The molecule has 6 heteroatoms. The number of benzene rings is 1. The SMILES string of the molecule is Cn1nccc1CCC(CSc1cccc(Cl)c1)NN. The van der Waals surface area contributed by atoms with E-state index < -0.39 is 0 Å². The summed E-state index contributed by atoms with van der Waals surface area (Å²) in [6.07, 6.45) is 3.76. The van der Waals surface area contributed by atoms with Crippen molar-refractivity contribution in [1.82, 2.24) is 15.2 Å². The molecule has 1 unspecified atom stereocenters. The lowest BCUT2D eigenvalue weighted by Gasteiger charge is -2.15. The number of aromatic nitrogens is 2. The van der Waals surface area contributed by atoms with E-state index in [1.165, 1.54) is 10.6 Å². The summed E-state index contributed by atoms with van der Waals surface area (Å²) in [6, 6.07) is 10.2. The van der Waals surface area contributed by atoms with E-state index in [9.17, 15) is 0 Å². The lowest BCUT2D eigenvalue weighted by molar-refractivity contribution is 0.528. The van der Waals surface area contributed by atoms with Gasteiger partial charge in [-0.05, 0) is 37.1 Å². The van der Waals surface area contributed by atoms with Crippen LogP contribution in [0.2, 0.25) is 5.02 Å². The third-order valence-electron chi connectivity index (χ3n) is 3.15. The van der Waals surface area contributed by atoms with Crippen molar-refractivity contribution in [2.24, 2.45) is 12.9 Å². The molecule has 2 rings (SSSR count). The van der Waals surface area contributed by atoms with Gasteiger partial charge >= 0.3 is 0 Å². The lowest BCUT2D eigenvalue weighted by Crippen LogP contribution is -2.37. The second-order valence-electron chi connectivity index (χ2n) is 4.62. The van der Waals surface area contributed by atoms with Gasteiger partial charge in [0.15, 0.2) is 0 Å². The van der Waals surface area contributed by atoms with Crippen LogP contribution in [-0.2, 0) is 13.5 Å². The van der Waals surface area contributed by atoms with Gasteiger partial charge in [-0.3, -0.25) is 16.0 Å². The van der Waals surface area contributed by atoms with Crippen LogP contribution in [0.5, 0.6) is 0 Å². The van der Waals surface area contributed by atoms with Crippen molar-refractivity contribution in [3.05, 3.63) is 47.2 Å². The van der Waals surface area contributed by atoms with Crippen LogP contribution in [0.25, 0.3) is 0 Å². The van der Waals surface area contributed by atoms with Crippen molar-refractivity contribution in [2.45, 2.75) is 23.8 Å². The molecule has 0 bridgehead atoms. The largest absolute Gasteiger partial charge is 0.273 e. The maximum Gasteiger partial charge on any atom is 0.0492 e. The summed E-state index contributed by atoms with van der Waals surface area (Å²) in [5.74, 6) is 6.54. The van der Waals surface area contributed by atoms with E-state index in [1.54, 1.807) is 11.8 Å². The predicted molar refractivity (Wildman–Crippen MR) is 84.8 cm³/mol. The average molecular weight is 311 g/mol. The van der Waals surface area contributed by atoms with Gasteiger partial charge in [0.2, 0.25) is 0 Å². The monoisotopic (exact) mass is 310 g/mol. The molecule has 0 amide bonds. The van der Waals surface area contributed by atoms with Crippen LogP contribution in [0.1, 0.15) is 12.1 Å². The Hall–Kier alpha value is -1.01. The molecule has 108 valence electrons. The van der Waals surface area contributed by atoms with E-state index in [-0.39, 0.29) is 6.04 Å². The number of thioether (sulfide) groups is 1. The number of hydrogen-bond acceptors (Lipinski definition) is 4. The smallest absolute Gasteiger partial charge is 0.0492 e. The molecule has 4 nitrogen and oxygen atoms in total. The molecule has 0 spiro atoms. The summed E-state index contributed by atoms with van der Waals surface area (Å²) in [5.41, 5.74) is 4.11. The molecule has 2 aromatic rings. The van der Waals surface area contributed by atoms with Crippen LogP contribution < -0.4 is 11.3 Å². The van der Waals surface area contributed by atoms with Crippen molar-refractivity contribution in [3.63, 3.8) is 0 Å². The van der Waals surface area contributed by atoms with Gasteiger partial charge in [-0.25, -0.2) is 0 Å². The summed E-state index contributed by atoms with van der Waals surface area (Å²) < 4.78 is 1.90. The first-order chi connectivity index (χ1) is 9.69. The molecule has 1 heterocycles. The van der Waals surface area contributed by atoms with Crippen LogP contribution in [-0.4, -0.2) is 21.6 Å². The van der Waals surface area contributed by atoms with Crippen LogP contribution >= 0.6 is 23.4 Å². The third kappa shape index (κ3) is 4.52. The minimum Gasteiger partial charge on any atom is -0.273 e. The van der Waals surface area contributed by atoms with Crippen molar-refractivity contribution >= 4 is 23.4 Å². The molecule has 0 fully saturated rings. The Morgan fingerprint density at radius 1 is 1.45 bits per heavy atom. The number of halogens is 1. The quantitative estimate of drug-likeness (QED) is 0.469. The normalized spacial score (nSPS) is 12.6. The Bertz CT molecular complexity index is 543. The minimum atomic E-state index is 0.258. The van der Waals surface area contributed by atoms with Crippen LogP contribution in [0.15, 0.2) is 41.4 Å². The zero-order valence-corrected chi connectivity index (χ0v) is 13.0. The van der Waals surface area contributed by atoms with Crippen molar-refractivity contribution in [1.29, 1.82) is 0 Å². The lowest BCUT2D eigenvalue weighted by atomic mass is 10.1. The molecule has 1 aromatic heterocycles. The highest BCUT2D eigenvalue weighted by Gasteiger charge is 2.09. The zero-order chi connectivity index (χ0) is 14.4. The number of aryl methyl sites for hydroxylation is 2. The van der Waals surface area contributed by atoms with E-state index in [2.05, 4.69) is 16.6 Å². The van der Waals surface area contributed by atoms with E-state index in [4.69, 9.17) is 17.4 Å². The molecule has 1 atom stereocenters. The first kappa shape index (κ1) is 15.4. The molecule has 0 aliphatic carbocycles. The van der Waals surface area contributed by atoms with Gasteiger partial charge in [0.05, 0.1) is 0 Å². The van der Waals surface area contributed by atoms with E-state index in [0.717, 1.165) is 23.6 Å². The van der Waals surface area contributed by atoms with E-state index in [1.807, 2.05) is 42.2 Å². The van der Waals surface area contributed by atoms with Crippen LogP contribution in [0, 0.1) is 0 Å². The molecule has 0 aliphatic rings. The van der Waals surface area contributed by atoms with Gasteiger partial charge in [-0.2, -0.15) is 5.10 Å². The molecule has 1 aromatic carbocycles. The van der Waals surface area contributed by atoms with E-state index in [0.29, 0.717) is 0 Å². The number of hydrazine groups is 1. The highest BCUT2D eigenvalue weighted by Crippen LogP contribution is 2.22. The molecule has 0 saturated carbocycles. The second-order valence-corrected chi connectivity index (χ2v) is 6.15. The molecule has 3 N–H and O–H groups in total. The Labute approximate surface area is 128 Å². The van der Waals surface area contributed by atoms with Crippen LogP contribution in [0.3, 0.4) is 0 Å². The van der Waals surface area contributed by atoms with Gasteiger partial charge in [-0.15, -0.1) is 11.8 Å². The molecule has 0 aliphatic heterocycles. The Morgan fingerprint density at radius 2 is 2.30 bits per heavy atom. The summed E-state index contributed by atoms with van der Waals surface area (Å²) in [6.45, 7) is 0. The molecular formula is C14H19ClN4S. The number of rotatable bonds is 7. The van der Waals surface area contributed by atoms with Crippen molar-refractivity contribution in [2.75, 3.05) is 5.75 Å². The molecule has 0 saturated heterocycles. The summed E-state index contributed by atoms with van der Waals surface area (Å²) >= 11 is 7.74. The molecular weight excluding hydrogens is 292 g/mol. The Balaban J connectivity index is 1.82.